The third-order valence-electron chi connectivity index (χ3n) is 3.25. The van der Waals surface area contributed by atoms with Crippen molar-refractivity contribution in [3.8, 4) is 0 Å². The Morgan fingerprint density at radius 1 is 1.42 bits per heavy atom. The molecule has 1 aromatic carbocycles. The Morgan fingerprint density at radius 3 is 2.68 bits per heavy atom. The second-order valence-electron chi connectivity index (χ2n) is 5.66. The van der Waals surface area contributed by atoms with Gasteiger partial charge in [-0.1, -0.05) is 19.9 Å². The van der Waals surface area contributed by atoms with E-state index in [1.54, 1.807) is 19.2 Å². The Kier molecular flexibility index (Phi) is 5.36. The normalized spacial score (nSPS) is 11.4. The Morgan fingerprint density at radius 2 is 2.11 bits per heavy atom. The van der Waals surface area contributed by atoms with Gasteiger partial charge < -0.3 is 15.8 Å². The number of aryl methyl sites for hydroxylation is 1. The SMILES string of the molecule is COCCC(C)(C)CNC(=O)c1ccc(C)c(N)c1. The zero-order chi connectivity index (χ0) is 14.5. The molecule has 0 fully saturated rings. The summed E-state index contributed by atoms with van der Waals surface area (Å²) in [7, 11) is 1.68. The maximum atomic E-state index is 12.0. The van der Waals surface area contributed by atoms with E-state index in [0.717, 1.165) is 12.0 Å². The Hall–Kier alpha value is -1.55. The lowest BCUT2D eigenvalue weighted by Gasteiger charge is -2.24. The number of anilines is 1. The molecule has 19 heavy (non-hydrogen) atoms. The number of methoxy groups -OCH3 is 1. The van der Waals surface area contributed by atoms with Crippen LogP contribution in [-0.4, -0.2) is 26.2 Å². The van der Waals surface area contributed by atoms with Gasteiger partial charge in [-0.3, -0.25) is 4.79 Å². The van der Waals surface area contributed by atoms with Crippen molar-refractivity contribution in [2.45, 2.75) is 27.2 Å². The van der Waals surface area contributed by atoms with Gasteiger partial charge in [-0.25, -0.2) is 0 Å². The molecule has 1 rings (SSSR count). The first-order valence-electron chi connectivity index (χ1n) is 6.49. The van der Waals surface area contributed by atoms with Crippen LogP contribution in [0.1, 0.15) is 36.2 Å². The molecule has 0 saturated heterocycles. The Labute approximate surface area is 115 Å². The molecule has 0 atom stereocenters. The zero-order valence-electron chi connectivity index (χ0n) is 12.2. The quantitative estimate of drug-likeness (QED) is 0.775. The Bertz CT molecular complexity index is 442. The molecule has 106 valence electrons. The molecule has 0 aliphatic rings. The molecule has 1 aromatic rings. The first kappa shape index (κ1) is 15.5. The number of nitrogens with two attached hydrogens (primary N) is 1. The maximum Gasteiger partial charge on any atom is 0.251 e. The van der Waals surface area contributed by atoms with E-state index in [0.29, 0.717) is 24.4 Å². The van der Waals surface area contributed by atoms with Crippen molar-refractivity contribution in [1.29, 1.82) is 0 Å². The van der Waals surface area contributed by atoms with Crippen LogP contribution in [0.5, 0.6) is 0 Å². The molecule has 3 N–H and O–H groups in total. The molecular weight excluding hydrogens is 240 g/mol. The van der Waals surface area contributed by atoms with Crippen molar-refractivity contribution < 1.29 is 9.53 Å². The fraction of sp³-hybridized carbons (Fsp3) is 0.533. The van der Waals surface area contributed by atoms with E-state index in [4.69, 9.17) is 10.5 Å². The van der Waals surface area contributed by atoms with Gasteiger partial charge in [0.1, 0.15) is 0 Å². The minimum Gasteiger partial charge on any atom is -0.398 e. The van der Waals surface area contributed by atoms with Crippen LogP contribution < -0.4 is 11.1 Å². The minimum atomic E-state index is -0.0859. The highest BCUT2D eigenvalue weighted by atomic mass is 16.5. The minimum absolute atomic E-state index is 0.0158. The third kappa shape index (κ3) is 4.91. The highest BCUT2D eigenvalue weighted by Crippen LogP contribution is 2.19. The number of nitrogen functional groups attached to an aromatic ring is 1. The van der Waals surface area contributed by atoms with Crippen LogP contribution in [-0.2, 0) is 4.74 Å². The molecular formula is C15H24N2O2. The average molecular weight is 264 g/mol. The first-order valence-corrected chi connectivity index (χ1v) is 6.49. The molecule has 0 aliphatic carbocycles. The van der Waals surface area contributed by atoms with Gasteiger partial charge in [0.25, 0.3) is 5.91 Å². The predicted octanol–water partition coefficient (Wildman–Crippen LogP) is 2.37. The number of carbonyl (C=O) groups is 1. The number of rotatable bonds is 6. The van der Waals surface area contributed by atoms with Crippen molar-refractivity contribution >= 4 is 11.6 Å². The van der Waals surface area contributed by atoms with Gasteiger partial charge in [0, 0.05) is 31.5 Å². The lowest BCUT2D eigenvalue weighted by atomic mass is 9.89. The summed E-state index contributed by atoms with van der Waals surface area (Å²) in [5.41, 5.74) is 8.06. The van der Waals surface area contributed by atoms with Crippen LogP contribution in [0.3, 0.4) is 0 Å². The highest BCUT2D eigenvalue weighted by molar-refractivity contribution is 5.95. The summed E-state index contributed by atoms with van der Waals surface area (Å²) in [5, 5.41) is 2.94. The van der Waals surface area contributed by atoms with Gasteiger partial charge >= 0.3 is 0 Å². The summed E-state index contributed by atoms with van der Waals surface area (Å²) >= 11 is 0. The summed E-state index contributed by atoms with van der Waals surface area (Å²) in [4.78, 5) is 12.0. The monoisotopic (exact) mass is 264 g/mol. The van der Waals surface area contributed by atoms with E-state index in [-0.39, 0.29) is 11.3 Å². The van der Waals surface area contributed by atoms with Crippen LogP contribution in [0.25, 0.3) is 0 Å². The lowest BCUT2D eigenvalue weighted by Crippen LogP contribution is -2.34. The number of benzene rings is 1. The van der Waals surface area contributed by atoms with E-state index in [1.807, 2.05) is 13.0 Å². The number of carbonyl (C=O) groups excluding carboxylic acids is 1. The number of amides is 1. The molecule has 0 aromatic heterocycles. The van der Waals surface area contributed by atoms with Gasteiger partial charge in [-0.05, 0) is 36.5 Å². The van der Waals surface area contributed by atoms with Crippen LogP contribution in [0.15, 0.2) is 18.2 Å². The molecule has 0 saturated carbocycles. The molecule has 0 aliphatic heterocycles. The lowest BCUT2D eigenvalue weighted by molar-refractivity contribution is 0.0921. The van der Waals surface area contributed by atoms with Crippen molar-refractivity contribution in [2.24, 2.45) is 5.41 Å². The molecule has 0 bridgehead atoms. The maximum absolute atomic E-state index is 12.0. The molecule has 1 amide bonds. The second kappa shape index (κ2) is 6.57. The molecule has 4 nitrogen and oxygen atoms in total. The number of nitrogens with one attached hydrogen (secondary N) is 1. The molecule has 4 heteroatoms. The average Bonchev–Trinajstić information content (AvgIpc) is 2.37. The van der Waals surface area contributed by atoms with Crippen molar-refractivity contribution in [3.63, 3.8) is 0 Å². The fourth-order valence-electron chi connectivity index (χ4n) is 1.67. The summed E-state index contributed by atoms with van der Waals surface area (Å²) < 4.78 is 5.07. The van der Waals surface area contributed by atoms with E-state index >= 15 is 0 Å². The van der Waals surface area contributed by atoms with Crippen LogP contribution in [0, 0.1) is 12.3 Å². The molecule has 0 spiro atoms. The number of hydrogen-bond donors (Lipinski definition) is 2. The predicted molar refractivity (Wildman–Crippen MR) is 78.2 cm³/mol. The van der Waals surface area contributed by atoms with E-state index in [1.165, 1.54) is 0 Å². The van der Waals surface area contributed by atoms with Gasteiger partial charge in [-0.15, -0.1) is 0 Å². The van der Waals surface area contributed by atoms with E-state index in [2.05, 4.69) is 19.2 Å². The van der Waals surface area contributed by atoms with E-state index in [9.17, 15) is 4.79 Å². The Balaban J connectivity index is 2.57. The third-order valence-corrected chi connectivity index (χ3v) is 3.25. The zero-order valence-corrected chi connectivity index (χ0v) is 12.2. The largest absolute Gasteiger partial charge is 0.398 e. The van der Waals surface area contributed by atoms with Gasteiger partial charge in [0.15, 0.2) is 0 Å². The van der Waals surface area contributed by atoms with Crippen molar-refractivity contribution in [2.75, 3.05) is 26.0 Å². The van der Waals surface area contributed by atoms with E-state index < -0.39 is 0 Å². The number of hydrogen-bond acceptors (Lipinski definition) is 3. The second-order valence-corrected chi connectivity index (χ2v) is 5.66. The molecule has 0 radical (unpaired) electrons. The summed E-state index contributed by atoms with van der Waals surface area (Å²) in [5.74, 6) is -0.0859. The smallest absolute Gasteiger partial charge is 0.251 e. The van der Waals surface area contributed by atoms with Crippen LogP contribution >= 0.6 is 0 Å². The standard InChI is InChI=1S/C15H24N2O2/c1-11-5-6-12(9-13(11)16)14(18)17-10-15(2,3)7-8-19-4/h5-6,9H,7-8,10,16H2,1-4H3,(H,17,18). The summed E-state index contributed by atoms with van der Waals surface area (Å²) in [6, 6.07) is 5.37. The van der Waals surface area contributed by atoms with Crippen LogP contribution in [0.2, 0.25) is 0 Å². The summed E-state index contributed by atoms with van der Waals surface area (Å²) in [6.07, 6.45) is 0.903. The fourth-order valence-corrected chi connectivity index (χ4v) is 1.67. The van der Waals surface area contributed by atoms with Crippen LogP contribution in [0.4, 0.5) is 5.69 Å². The first-order chi connectivity index (χ1) is 8.85. The molecule has 0 unspecified atom stereocenters. The summed E-state index contributed by atoms with van der Waals surface area (Å²) in [6.45, 7) is 7.44. The van der Waals surface area contributed by atoms with Gasteiger partial charge in [0.05, 0.1) is 0 Å². The van der Waals surface area contributed by atoms with Crippen molar-refractivity contribution in [1.82, 2.24) is 5.32 Å². The number of ether oxygens (including phenoxy) is 1. The highest BCUT2D eigenvalue weighted by Gasteiger charge is 2.19. The molecule has 0 heterocycles. The topological polar surface area (TPSA) is 64.3 Å². The van der Waals surface area contributed by atoms with Gasteiger partial charge in [-0.2, -0.15) is 0 Å². The van der Waals surface area contributed by atoms with Gasteiger partial charge in [0.2, 0.25) is 0 Å². The van der Waals surface area contributed by atoms with Crippen molar-refractivity contribution in [3.05, 3.63) is 29.3 Å².